The van der Waals surface area contributed by atoms with Gasteiger partial charge >= 0.3 is 17.9 Å². The molecule has 0 amide bonds. The smallest absolute Gasteiger partial charge is 0.306 e. The molecule has 0 rings (SSSR count). The van der Waals surface area contributed by atoms with Crippen LogP contribution in [0.15, 0.2) is 0 Å². The van der Waals surface area contributed by atoms with Crippen LogP contribution in [0.3, 0.4) is 0 Å². The van der Waals surface area contributed by atoms with Gasteiger partial charge in [0.05, 0.1) is 0 Å². The fraction of sp³-hybridized carbons (Fsp3) is 0.939. The van der Waals surface area contributed by atoms with Gasteiger partial charge in [-0.1, -0.05) is 233 Å². The van der Waals surface area contributed by atoms with Gasteiger partial charge < -0.3 is 14.2 Å². The monoisotopic (exact) mass is 779 g/mol. The van der Waals surface area contributed by atoms with Crippen LogP contribution in [0.2, 0.25) is 0 Å². The number of ether oxygens (including phenoxy) is 3. The van der Waals surface area contributed by atoms with Crippen molar-refractivity contribution in [3.63, 3.8) is 0 Å². The molecule has 0 spiro atoms. The van der Waals surface area contributed by atoms with E-state index in [2.05, 4.69) is 27.7 Å². The van der Waals surface area contributed by atoms with Gasteiger partial charge in [0.15, 0.2) is 6.10 Å². The summed E-state index contributed by atoms with van der Waals surface area (Å²) in [6.45, 7) is 9.00. The molecule has 6 nitrogen and oxygen atoms in total. The number of unbranched alkanes of at least 4 members (excludes halogenated alkanes) is 31. The van der Waals surface area contributed by atoms with Crippen molar-refractivity contribution in [3.8, 4) is 0 Å². The number of rotatable bonds is 44. The highest BCUT2D eigenvalue weighted by Gasteiger charge is 2.19. The number of carbonyl (C=O) groups excluding carboxylic acids is 3. The normalized spacial score (nSPS) is 11.9. The lowest BCUT2D eigenvalue weighted by molar-refractivity contribution is -0.167. The van der Waals surface area contributed by atoms with Gasteiger partial charge in [0.2, 0.25) is 0 Å². The molecular weight excluding hydrogens is 685 g/mol. The predicted molar refractivity (Wildman–Crippen MR) is 233 cm³/mol. The van der Waals surface area contributed by atoms with Crippen molar-refractivity contribution in [1.29, 1.82) is 0 Å². The quantitative estimate of drug-likeness (QED) is 0.0348. The zero-order valence-corrected chi connectivity index (χ0v) is 37.4. The lowest BCUT2D eigenvalue weighted by Gasteiger charge is -2.18. The zero-order valence-electron chi connectivity index (χ0n) is 37.4. The van der Waals surface area contributed by atoms with E-state index in [0.29, 0.717) is 19.3 Å². The summed E-state index contributed by atoms with van der Waals surface area (Å²) in [6.07, 6.45) is 43.7. The number of hydrogen-bond donors (Lipinski definition) is 0. The predicted octanol–water partition coefficient (Wildman–Crippen LogP) is 15.5. The maximum Gasteiger partial charge on any atom is 0.306 e. The van der Waals surface area contributed by atoms with E-state index in [4.69, 9.17) is 14.2 Å². The highest BCUT2D eigenvalue weighted by Crippen LogP contribution is 2.16. The Morgan fingerprint density at radius 2 is 0.600 bits per heavy atom. The molecule has 6 heteroatoms. The summed E-state index contributed by atoms with van der Waals surface area (Å²) in [6, 6.07) is 0. The summed E-state index contributed by atoms with van der Waals surface area (Å²) in [5.74, 6) is -0.0232. The first-order chi connectivity index (χ1) is 26.9. The molecule has 0 aromatic rings. The van der Waals surface area contributed by atoms with E-state index in [0.717, 1.165) is 63.7 Å². The van der Waals surface area contributed by atoms with E-state index in [1.165, 1.54) is 167 Å². The largest absolute Gasteiger partial charge is 0.462 e. The molecule has 0 aliphatic rings. The molecular formula is C49H94O6. The van der Waals surface area contributed by atoms with Crippen LogP contribution in [-0.4, -0.2) is 37.2 Å². The topological polar surface area (TPSA) is 78.9 Å². The fourth-order valence-electron chi connectivity index (χ4n) is 7.33. The van der Waals surface area contributed by atoms with Crippen LogP contribution >= 0.6 is 0 Å². The highest BCUT2D eigenvalue weighted by atomic mass is 16.6. The molecule has 0 aromatic carbocycles. The van der Waals surface area contributed by atoms with Crippen molar-refractivity contribution in [2.24, 2.45) is 5.92 Å². The van der Waals surface area contributed by atoms with Gasteiger partial charge in [0, 0.05) is 19.3 Å². The molecule has 326 valence electrons. The van der Waals surface area contributed by atoms with Gasteiger partial charge in [0.25, 0.3) is 0 Å². The Kier molecular flexibility index (Phi) is 42.3. The maximum absolute atomic E-state index is 12.7. The van der Waals surface area contributed by atoms with Crippen LogP contribution in [0.1, 0.15) is 272 Å². The summed E-state index contributed by atoms with van der Waals surface area (Å²) >= 11 is 0. The molecule has 0 N–H and O–H groups in total. The van der Waals surface area contributed by atoms with Gasteiger partial charge in [-0.25, -0.2) is 0 Å². The molecule has 0 heterocycles. The Balaban J connectivity index is 4.29. The lowest BCUT2D eigenvalue weighted by Crippen LogP contribution is -2.30. The van der Waals surface area contributed by atoms with Crippen LogP contribution in [0.25, 0.3) is 0 Å². The number of esters is 3. The van der Waals surface area contributed by atoms with E-state index in [1.807, 2.05) is 0 Å². The molecule has 0 unspecified atom stereocenters. The van der Waals surface area contributed by atoms with Crippen LogP contribution in [0.4, 0.5) is 0 Å². The average Bonchev–Trinajstić information content (AvgIpc) is 3.17. The standard InChI is InChI=1S/C49H94O6/c1-5-7-9-11-13-15-17-18-21-25-28-32-36-40-47(50)53-43-46(55-49(52)42-38-34-30-24-16-14-12-10-8-6-2)44-54-48(51)41-37-33-29-26-22-19-20-23-27-31-35-39-45(3)4/h45-46H,5-44H2,1-4H3/t46-/m0/s1. The van der Waals surface area contributed by atoms with E-state index < -0.39 is 6.10 Å². The van der Waals surface area contributed by atoms with Crippen LogP contribution in [-0.2, 0) is 28.6 Å². The molecule has 0 fully saturated rings. The second kappa shape index (κ2) is 43.5. The number of hydrogen-bond acceptors (Lipinski definition) is 6. The Morgan fingerprint density at radius 1 is 0.345 bits per heavy atom. The Labute approximate surface area is 342 Å². The van der Waals surface area contributed by atoms with Gasteiger partial charge in [-0.15, -0.1) is 0 Å². The van der Waals surface area contributed by atoms with Crippen molar-refractivity contribution >= 4 is 17.9 Å². The van der Waals surface area contributed by atoms with E-state index in [1.54, 1.807) is 0 Å². The highest BCUT2D eigenvalue weighted by molar-refractivity contribution is 5.71. The van der Waals surface area contributed by atoms with Gasteiger partial charge in [-0.05, 0) is 25.2 Å². The summed E-state index contributed by atoms with van der Waals surface area (Å²) < 4.78 is 16.7. The van der Waals surface area contributed by atoms with Crippen molar-refractivity contribution in [2.45, 2.75) is 278 Å². The molecule has 0 radical (unpaired) electrons. The lowest BCUT2D eigenvalue weighted by atomic mass is 10.0. The molecule has 0 aromatic heterocycles. The average molecular weight is 779 g/mol. The van der Waals surface area contributed by atoms with E-state index in [9.17, 15) is 14.4 Å². The zero-order chi connectivity index (χ0) is 40.3. The Bertz CT molecular complexity index is 826. The third-order valence-electron chi connectivity index (χ3n) is 11.0. The third kappa shape index (κ3) is 43.4. The van der Waals surface area contributed by atoms with E-state index in [-0.39, 0.29) is 31.1 Å². The molecule has 0 aliphatic heterocycles. The summed E-state index contributed by atoms with van der Waals surface area (Å²) in [7, 11) is 0. The molecule has 0 aliphatic carbocycles. The summed E-state index contributed by atoms with van der Waals surface area (Å²) in [5.41, 5.74) is 0. The summed E-state index contributed by atoms with van der Waals surface area (Å²) in [4.78, 5) is 37.8. The summed E-state index contributed by atoms with van der Waals surface area (Å²) in [5, 5.41) is 0. The SMILES string of the molecule is CCCCCCCCCCCCCCCC(=O)OC[C@@H](COC(=O)CCCCCCCCCCCCCC(C)C)OC(=O)CCCCCCCCCCCC. The number of carbonyl (C=O) groups is 3. The van der Waals surface area contributed by atoms with Crippen LogP contribution in [0, 0.1) is 5.92 Å². The minimum atomic E-state index is -0.759. The molecule has 0 bridgehead atoms. The minimum Gasteiger partial charge on any atom is -0.462 e. The molecule has 0 saturated heterocycles. The van der Waals surface area contributed by atoms with Crippen molar-refractivity contribution in [1.82, 2.24) is 0 Å². The first kappa shape index (κ1) is 53.4. The fourth-order valence-corrected chi connectivity index (χ4v) is 7.33. The molecule has 1 atom stereocenters. The van der Waals surface area contributed by atoms with Crippen molar-refractivity contribution in [3.05, 3.63) is 0 Å². The maximum atomic E-state index is 12.7. The van der Waals surface area contributed by atoms with Crippen molar-refractivity contribution in [2.75, 3.05) is 13.2 Å². The van der Waals surface area contributed by atoms with Crippen molar-refractivity contribution < 1.29 is 28.6 Å². The van der Waals surface area contributed by atoms with Gasteiger partial charge in [-0.3, -0.25) is 14.4 Å². The first-order valence-electron chi connectivity index (χ1n) is 24.4. The Hall–Kier alpha value is -1.59. The van der Waals surface area contributed by atoms with Gasteiger partial charge in [0.1, 0.15) is 13.2 Å². The second-order valence-electron chi connectivity index (χ2n) is 17.2. The minimum absolute atomic E-state index is 0.0632. The van der Waals surface area contributed by atoms with Gasteiger partial charge in [-0.2, -0.15) is 0 Å². The molecule has 55 heavy (non-hydrogen) atoms. The van der Waals surface area contributed by atoms with E-state index >= 15 is 0 Å². The second-order valence-corrected chi connectivity index (χ2v) is 17.2. The third-order valence-corrected chi connectivity index (χ3v) is 11.0. The molecule has 0 saturated carbocycles. The van der Waals surface area contributed by atoms with Crippen LogP contribution < -0.4 is 0 Å². The van der Waals surface area contributed by atoms with Crippen LogP contribution in [0.5, 0.6) is 0 Å². The Morgan fingerprint density at radius 3 is 0.891 bits per heavy atom. The first-order valence-corrected chi connectivity index (χ1v) is 24.4.